The lowest BCUT2D eigenvalue weighted by Crippen LogP contribution is -2.44. The number of carbonyl (C=O) groups is 2. The number of likely N-dealkylation sites (tertiary alicyclic amines) is 1. The molecule has 2 aromatic rings. The maximum atomic E-state index is 12.9. The van der Waals surface area contributed by atoms with Gasteiger partial charge in [-0.2, -0.15) is 0 Å². The fourth-order valence-electron chi connectivity index (χ4n) is 3.14. The van der Waals surface area contributed by atoms with Crippen molar-refractivity contribution in [3.8, 4) is 0 Å². The number of aromatic nitrogens is 1. The monoisotopic (exact) mass is 409 g/mol. The molecule has 1 aliphatic rings. The summed E-state index contributed by atoms with van der Waals surface area (Å²) in [6.45, 7) is 1.37. The molecule has 2 N–H and O–H groups in total. The first kappa shape index (κ1) is 17.4. The van der Waals surface area contributed by atoms with Gasteiger partial charge in [0, 0.05) is 18.4 Å². The topological polar surface area (TPSA) is 76.3 Å². The second-order valence-corrected chi connectivity index (χ2v) is 7.96. The van der Waals surface area contributed by atoms with Crippen LogP contribution in [0, 0.1) is 5.92 Å². The van der Waals surface area contributed by atoms with Crippen LogP contribution in [0.1, 0.15) is 30.2 Å². The van der Waals surface area contributed by atoms with Crippen LogP contribution in [0.5, 0.6) is 0 Å². The summed E-state index contributed by atoms with van der Waals surface area (Å²) in [5, 5.41) is 1.48. The number of amides is 2. The molecule has 24 heavy (non-hydrogen) atoms. The van der Waals surface area contributed by atoms with Crippen LogP contribution in [-0.4, -0.2) is 40.1 Å². The molecule has 1 fully saturated rings. The lowest BCUT2D eigenvalue weighted by Gasteiger charge is -2.33. The number of hydrogen-bond acceptors (Lipinski definition) is 4. The second kappa shape index (κ2) is 7.61. The van der Waals surface area contributed by atoms with E-state index in [4.69, 9.17) is 5.73 Å². The van der Waals surface area contributed by atoms with E-state index in [2.05, 4.69) is 20.9 Å². The van der Waals surface area contributed by atoms with Crippen LogP contribution in [0.4, 0.5) is 0 Å². The van der Waals surface area contributed by atoms with E-state index in [1.165, 1.54) is 11.3 Å². The Morgan fingerprint density at radius 1 is 1.33 bits per heavy atom. The van der Waals surface area contributed by atoms with Crippen molar-refractivity contribution in [1.29, 1.82) is 0 Å². The molecule has 1 aromatic carbocycles. The van der Waals surface area contributed by atoms with Crippen LogP contribution >= 0.6 is 27.3 Å². The van der Waals surface area contributed by atoms with Gasteiger partial charge >= 0.3 is 0 Å². The first-order valence-corrected chi connectivity index (χ1v) is 10.0. The Hall–Kier alpha value is -1.47. The number of primary amides is 1. The summed E-state index contributed by atoms with van der Waals surface area (Å²) in [6.07, 6.45) is 3.07. The van der Waals surface area contributed by atoms with Crippen LogP contribution in [0.3, 0.4) is 0 Å². The average molecular weight is 410 g/mol. The van der Waals surface area contributed by atoms with Gasteiger partial charge in [0.2, 0.25) is 11.8 Å². The van der Waals surface area contributed by atoms with E-state index in [1.807, 2.05) is 24.3 Å². The highest BCUT2D eigenvalue weighted by Gasteiger charge is 2.35. The molecular weight excluding hydrogens is 390 g/mol. The van der Waals surface area contributed by atoms with E-state index >= 15 is 0 Å². The highest BCUT2D eigenvalue weighted by molar-refractivity contribution is 9.09. The number of hydrogen-bond donors (Lipinski definition) is 1. The summed E-state index contributed by atoms with van der Waals surface area (Å²) in [5.74, 6) is -1.17. The molecule has 0 spiro atoms. The molecular formula is C17H20BrN3O2S. The van der Waals surface area contributed by atoms with E-state index in [-0.39, 0.29) is 5.91 Å². The summed E-state index contributed by atoms with van der Waals surface area (Å²) >= 11 is 4.84. The SMILES string of the molecule is NC(=O)[C@@H](C(=O)N1CCC(CCBr)CC1)c1nc2ccccc2s1. The summed E-state index contributed by atoms with van der Waals surface area (Å²) in [6, 6.07) is 7.62. The van der Waals surface area contributed by atoms with Gasteiger partial charge < -0.3 is 10.6 Å². The molecule has 1 saturated heterocycles. The number of halogens is 1. The van der Waals surface area contributed by atoms with Gasteiger partial charge in [-0.05, 0) is 37.3 Å². The van der Waals surface area contributed by atoms with Crippen LogP contribution < -0.4 is 5.73 Å². The molecule has 0 unspecified atom stereocenters. The zero-order valence-electron chi connectivity index (χ0n) is 13.3. The number of para-hydroxylation sites is 1. The van der Waals surface area contributed by atoms with Crippen LogP contribution in [0.2, 0.25) is 0 Å². The van der Waals surface area contributed by atoms with Crippen molar-refractivity contribution in [3.63, 3.8) is 0 Å². The third-order valence-corrected chi connectivity index (χ3v) is 6.09. The van der Waals surface area contributed by atoms with Crippen molar-refractivity contribution in [2.75, 3.05) is 18.4 Å². The lowest BCUT2D eigenvalue weighted by atomic mass is 9.93. The number of thiazole rings is 1. The Balaban J connectivity index is 1.78. The number of rotatable bonds is 5. The van der Waals surface area contributed by atoms with Crippen LogP contribution in [0.25, 0.3) is 10.2 Å². The molecule has 7 heteroatoms. The first-order chi connectivity index (χ1) is 11.6. The molecule has 128 valence electrons. The molecule has 0 saturated carbocycles. The number of carbonyl (C=O) groups excluding carboxylic acids is 2. The molecule has 1 atom stereocenters. The second-order valence-electron chi connectivity index (χ2n) is 6.10. The molecule has 0 radical (unpaired) electrons. The molecule has 3 rings (SSSR count). The van der Waals surface area contributed by atoms with Crippen molar-refractivity contribution in [1.82, 2.24) is 9.88 Å². The number of nitrogens with two attached hydrogens (primary N) is 1. The van der Waals surface area contributed by atoms with E-state index < -0.39 is 11.8 Å². The van der Waals surface area contributed by atoms with Crippen molar-refractivity contribution in [2.45, 2.75) is 25.2 Å². The Morgan fingerprint density at radius 3 is 2.67 bits per heavy atom. The summed E-state index contributed by atoms with van der Waals surface area (Å²) in [4.78, 5) is 31.1. The Bertz CT molecular complexity index is 707. The van der Waals surface area contributed by atoms with E-state index in [0.29, 0.717) is 24.0 Å². The van der Waals surface area contributed by atoms with Gasteiger partial charge in [-0.3, -0.25) is 9.59 Å². The van der Waals surface area contributed by atoms with Crippen LogP contribution in [0.15, 0.2) is 24.3 Å². The molecule has 0 bridgehead atoms. The van der Waals surface area contributed by atoms with Gasteiger partial charge in [-0.15, -0.1) is 11.3 Å². The quantitative estimate of drug-likeness (QED) is 0.608. The van der Waals surface area contributed by atoms with Crippen molar-refractivity contribution in [2.24, 2.45) is 11.7 Å². The van der Waals surface area contributed by atoms with Crippen LogP contribution in [-0.2, 0) is 9.59 Å². The third kappa shape index (κ3) is 3.62. The Kier molecular flexibility index (Phi) is 5.50. The van der Waals surface area contributed by atoms with E-state index in [0.717, 1.165) is 34.8 Å². The molecule has 5 nitrogen and oxygen atoms in total. The minimum absolute atomic E-state index is 0.209. The number of benzene rings is 1. The van der Waals surface area contributed by atoms with E-state index in [9.17, 15) is 9.59 Å². The maximum absolute atomic E-state index is 12.9. The largest absolute Gasteiger partial charge is 0.369 e. The molecule has 1 aromatic heterocycles. The highest BCUT2D eigenvalue weighted by atomic mass is 79.9. The van der Waals surface area contributed by atoms with Gasteiger partial charge in [0.25, 0.3) is 0 Å². The van der Waals surface area contributed by atoms with Gasteiger partial charge in [0.05, 0.1) is 10.2 Å². The van der Waals surface area contributed by atoms with Crippen molar-refractivity contribution in [3.05, 3.63) is 29.3 Å². The number of piperidine rings is 1. The maximum Gasteiger partial charge on any atom is 0.242 e. The molecule has 2 amide bonds. The minimum atomic E-state index is -0.977. The Labute approximate surface area is 153 Å². The number of fused-ring (bicyclic) bond motifs is 1. The summed E-state index contributed by atoms with van der Waals surface area (Å²) in [7, 11) is 0. The molecule has 0 aliphatic carbocycles. The van der Waals surface area contributed by atoms with Crippen molar-refractivity contribution >= 4 is 49.3 Å². The van der Waals surface area contributed by atoms with Gasteiger partial charge in [0.1, 0.15) is 5.01 Å². The predicted molar refractivity (Wildman–Crippen MR) is 99.3 cm³/mol. The molecule has 2 heterocycles. The fraction of sp³-hybridized carbons (Fsp3) is 0.471. The van der Waals surface area contributed by atoms with Gasteiger partial charge in [-0.25, -0.2) is 4.98 Å². The summed E-state index contributed by atoms with van der Waals surface area (Å²) in [5.41, 5.74) is 6.35. The smallest absolute Gasteiger partial charge is 0.242 e. The van der Waals surface area contributed by atoms with Crippen molar-refractivity contribution < 1.29 is 9.59 Å². The number of nitrogens with zero attached hydrogens (tertiary/aromatic N) is 2. The molecule has 1 aliphatic heterocycles. The zero-order valence-corrected chi connectivity index (χ0v) is 15.7. The Morgan fingerprint density at radius 2 is 2.04 bits per heavy atom. The lowest BCUT2D eigenvalue weighted by molar-refractivity contribution is -0.138. The zero-order chi connectivity index (χ0) is 17.1. The third-order valence-electron chi connectivity index (χ3n) is 4.53. The van der Waals surface area contributed by atoms with E-state index in [1.54, 1.807) is 4.90 Å². The highest BCUT2D eigenvalue weighted by Crippen LogP contribution is 2.30. The van der Waals surface area contributed by atoms with Gasteiger partial charge in [-0.1, -0.05) is 28.1 Å². The first-order valence-electron chi connectivity index (χ1n) is 8.09. The van der Waals surface area contributed by atoms with Gasteiger partial charge in [0.15, 0.2) is 5.92 Å². The fourth-order valence-corrected chi connectivity index (χ4v) is 4.86. The average Bonchev–Trinajstić information content (AvgIpc) is 2.98. The minimum Gasteiger partial charge on any atom is -0.369 e. The number of alkyl halides is 1. The normalized spacial score (nSPS) is 17.1. The summed E-state index contributed by atoms with van der Waals surface area (Å²) < 4.78 is 0.961. The predicted octanol–water partition coefficient (Wildman–Crippen LogP) is 2.89. The standard InChI is InChI=1S/C17H20BrN3O2S/c18-8-5-11-6-9-21(10-7-11)17(23)14(15(19)22)16-20-12-3-1-2-4-13(12)24-16/h1-4,11,14H,5-10H2,(H2,19,22)/t14-/m1/s1.